The van der Waals surface area contributed by atoms with Gasteiger partial charge in [-0.25, -0.2) is 0 Å². The predicted molar refractivity (Wildman–Crippen MR) is 66.8 cm³/mol. The van der Waals surface area contributed by atoms with Gasteiger partial charge in [0.1, 0.15) is 0 Å². The first-order valence-corrected chi connectivity index (χ1v) is 6.03. The fourth-order valence-corrected chi connectivity index (χ4v) is 1.97. The molecule has 0 radical (unpaired) electrons. The molecule has 2 nitrogen and oxygen atoms in total. The summed E-state index contributed by atoms with van der Waals surface area (Å²) < 4.78 is 1.04. The van der Waals surface area contributed by atoms with E-state index in [2.05, 4.69) is 35.1 Å². The third-order valence-corrected chi connectivity index (χ3v) is 2.96. The van der Waals surface area contributed by atoms with Gasteiger partial charge in [0.15, 0.2) is 0 Å². The van der Waals surface area contributed by atoms with Gasteiger partial charge in [-0.2, -0.15) is 0 Å². The lowest BCUT2D eigenvalue weighted by molar-refractivity contribution is 0.240. The summed E-state index contributed by atoms with van der Waals surface area (Å²) in [7, 11) is 0. The van der Waals surface area contributed by atoms with E-state index in [0.717, 1.165) is 16.6 Å². The van der Waals surface area contributed by atoms with Crippen molar-refractivity contribution in [1.29, 1.82) is 0 Å². The number of halogens is 1. The number of aliphatic hydroxyl groups excluding tert-OH is 1. The Morgan fingerprint density at radius 3 is 2.53 bits per heavy atom. The normalized spacial score (nSPS) is 13.1. The maximum Gasteiger partial charge on any atom is 0.0626 e. The molecule has 0 saturated heterocycles. The van der Waals surface area contributed by atoms with E-state index >= 15 is 0 Å². The minimum absolute atomic E-state index is 0.0166. The Bertz CT molecular complexity index is 301. The maximum atomic E-state index is 9.33. The lowest BCUT2D eigenvalue weighted by atomic mass is 10.1. The van der Waals surface area contributed by atoms with E-state index in [9.17, 15) is 5.11 Å². The molecule has 1 rings (SSSR count). The average molecular weight is 272 g/mol. The fraction of sp³-hybridized carbons (Fsp3) is 0.500. The fourth-order valence-electron chi connectivity index (χ4n) is 1.41. The van der Waals surface area contributed by atoms with E-state index in [4.69, 9.17) is 0 Å². The Morgan fingerprint density at radius 1 is 1.33 bits per heavy atom. The molecule has 0 aliphatic rings. The minimum atomic E-state index is 0.0166. The van der Waals surface area contributed by atoms with E-state index in [0.29, 0.717) is 5.92 Å². The highest BCUT2D eigenvalue weighted by molar-refractivity contribution is 9.10. The molecule has 0 heterocycles. The molecule has 0 spiro atoms. The zero-order valence-electron chi connectivity index (χ0n) is 9.20. The quantitative estimate of drug-likeness (QED) is 0.863. The van der Waals surface area contributed by atoms with Crippen LogP contribution in [0.2, 0.25) is 0 Å². The van der Waals surface area contributed by atoms with Crippen molar-refractivity contribution < 1.29 is 5.11 Å². The van der Waals surface area contributed by atoms with Gasteiger partial charge in [0.2, 0.25) is 0 Å². The predicted octanol–water partition coefficient (Wildman–Crippen LogP) is 2.73. The van der Waals surface area contributed by atoms with Crippen LogP contribution in [0.3, 0.4) is 0 Å². The lowest BCUT2D eigenvalue weighted by Gasteiger charge is -2.19. The number of nitrogens with one attached hydrogen (secondary N) is 1. The van der Waals surface area contributed by atoms with Crippen LogP contribution in [0.25, 0.3) is 0 Å². The average Bonchev–Trinajstić information content (AvgIpc) is 2.21. The molecule has 1 aromatic carbocycles. The van der Waals surface area contributed by atoms with Crippen molar-refractivity contribution in [2.75, 3.05) is 13.2 Å². The number of hydrogen-bond acceptors (Lipinski definition) is 2. The van der Waals surface area contributed by atoms with E-state index < -0.39 is 0 Å². The van der Waals surface area contributed by atoms with Crippen LogP contribution in [-0.4, -0.2) is 18.3 Å². The Morgan fingerprint density at radius 2 is 2.00 bits per heavy atom. The van der Waals surface area contributed by atoms with Crippen molar-refractivity contribution in [3.8, 4) is 0 Å². The topological polar surface area (TPSA) is 32.3 Å². The highest BCUT2D eigenvalue weighted by Crippen LogP contribution is 2.22. The summed E-state index contributed by atoms with van der Waals surface area (Å²) in [5, 5.41) is 12.7. The summed E-state index contributed by atoms with van der Waals surface area (Å²) in [6.07, 6.45) is 0. The van der Waals surface area contributed by atoms with Gasteiger partial charge in [0, 0.05) is 4.47 Å². The monoisotopic (exact) mass is 271 g/mol. The summed E-state index contributed by atoms with van der Waals surface area (Å²) in [5.74, 6) is 0.585. The first-order chi connectivity index (χ1) is 7.15. The van der Waals surface area contributed by atoms with Crippen LogP contribution >= 0.6 is 15.9 Å². The molecule has 15 heavy (non-hydrogen) atoms. The zero-order chi connectivity index (χ0) is 11.3. The van der Waals surface area contributed by atoms with Gasteiger partial charge in [-0.05, 0) is 24.1 Å². The number of rotatable bonds is 5. The van der Waals surface area contributed by atoms with Crippen LogP contribution in [0, 0.1) is 5.92 Å². The van der Waals surface area contributed by atoms with Gasteiger partial charge < -0.3 is 10.4 Å². The highest BCUT2D eigenvalue weighted by atomic mass is 79.9. The van der Waals surface area contributed by atoms with Gasteiger partial charge in [-0.15, -0.1) is 0 Å². The molecule has 84 valence electrons. The summed E-state index contributed by atoms with van der Waals surface area (Å²) >= 11 is 3.49. The van der Waals surface area contributed by atoms with E-state index in [1.807, 2.05) is 24.3 Å². The SMILES string of the molecule is CC(C)CNC(CO)c1ccccc1Br. The zero-order valence-corrected chi connectivity index (χ0v) is 10.8. The molecule has 0 saturated carbocycles. The molecule has 1 unspecified atom stereocenters. The molecular weight excluding hydrogens is 254 g/mol. The van der Waals surface area contributed by atoms with Crippen molar-refractivity contribution >= 4 is 15.9 Å². The van der Waals surface area contributed by atoms with Crippen LogP contribution in [0.1, 0.15) is 25.5 Å². The molecule has 0 fully saturated rings. The molecule has 0 aliphatic carbocycles. The molecule has 1 atom stereocenters. The molecule has 2 N–H and O–H groups in total. The lowest BCUT2D eigenvalue weighted by Crippen LogP contribution is -2.28. The Kier molecular flexibility index (Phi) is 5.29. The van der Waals surface area contributed by atoms with Crippen molar-refractivity contribution in [3.05, 3.63) is 34.3 Å². The molecule has 1 aromatic rings. The van der Waals surface area contributed by atoms with Crippen LogP contribution in [-0.2, 0) is 0 Å². The maximum absolute atomic E-state index is 9.33. The molecule has 3 heteroatoms. The smallest absolute Gasteiger partial charge is 0.0626 e. The third kappa shape index (κ3) is 3.93. The van der Waals surface area contributed by atoms with Gasteiger partial charge >= 0.3 is 0 Å². The van der Waals surface area contributed by atoms with Crippen molar-refractivity contribution in [1.82, 2.24) is 5.32 Å². The molecule has 0 aromatic heterocycles. The summed E-state index contributed by atoms with van der Waals surface area (Å²) in [5.41, 5.74) is 1.11. The van der Waals surface area contributed by atoms with E-state index in [1.165, 1.54) is 0 Å². The van der Waals surface area contributed by atoms with Crippen molar-refractivity contribution in [3.63, 3.8) is 0 Å². The van der Waals surface area contributed by atoms with Crippen LogP contribution < -0.4 is 5.32 Å². The van der Waals surface area contributed by atoms with Crippen molar-refractivity contribution in [2.24, 2.45) is 5.92 Å². The van der Waals surface area contributed by atoms with Gasteiger partial charge in [0.05, 0.1) is 12.6 Å². The Labute approximate surface area is 99.8 Å². The second-order valence-electron chi connectivity index (χ2n) is 4.06. The van der Waals surface area contributed by atoms with E-state index in [-0.39, 0.29) is 12.6 Å². The summed E-state index contributed by atoms with van der Waals surface area (Å²) in [4.78, 5) is 0. The standard InChI is InChI=1S/C12H18BrNO/c1-9(2)7-14-12(8-15)10-5-3-4-6-11(10)13/h3-6,9,12,14-15H,7-8H2,1-2H3. The number of benzene rings is 1. The first-order valence-electron chi connectivity index (χ1n) is 5.23. The second kappa shape index (κ2) is 6.26. The van der Waals surface area contributed by atoms with Crippen LogP contribution in [0.15, 0.2) is 28.7 Å². The molecule has 0 amide bonds. The van der Waals surface area contributed by atoms with E-state index in [1.54, 1.807) is 0 Å². The highest BCUT2D eigenvalue weighted by Gasteiger charge is 2.12. The molecule has 0 bridgehead atoms. The summed E-state index contributed by atoms with van der Waals surface area (Å²) in [6, 6.07) is 8.00. The van der Waals surface area contributed by atoms with Crippen LogP contribution in [0.4, 0.5) is 0 Å². The Hall–Kier alpha value is -0.380. The third-order valence-electron chi connectivity index (χ3n) is 2.24. The Balaban J connectivity index is 2.70. The number of hydrogen-bond donors (Lipinski definition) is 2. The van der Waals surface area contributed by atoms with Crippen LogP contribution in [0.5, 0.6) is 0 Å². The first kappa shape index (κ1) is 12.7. The number of aliphatic hydroxyl groups is 1. The van der Waals surface area contributed by atoms with Gasteiger partial charge in [-0.1, -0.05) is 48.0 Å². The largest absolute Gasteiger partial charge is 0.394 e. The van der Waals surface area contributed by atoms with Gasteiger partial charge in [0.25, 0.3) is 0 Å². The molecular formula is C12H18BrNO. The second-order valence-corrected chi connectivity index (χ2v) is 4.91. The summed E-state index contributed by atoms with van der Waals surface area (Å²) in [6.45, 7) is 5.34. The van der Waals surface area contributed by atoms with Crippen molar-refractivity contribution in [2.45, 2.75) is 19.9 Å². The van der Waals surface area contributed by atoms with Gasteiger partial charge in [-0.3, -0.25) is 0 Å². The minimum Gasteiger partial charge on any atom is -0.394 e. The molecule has 0 aliphatic heterocycles.